The van der Waals surface area contributed by atoms with Gasteiger partial charge < -0.3 is 15.0 Å². The van der Waals surface area contributed by atoms with Gasteiger partial charge in [-0.05, 0) is 24.6 Å². The SMILES string of the molecule is COc1ccc(Nc2ncnc3c2CCN(c2ccc([N+](=O)[O-])c(C(F)(F)F)c2)C3)cn1. The predicted octanol–water partition coefficient (Wildman–Crippen LogP) is 4.11. The lowest BCUT2D eigenvalue weighted by atomic mass is 10.0. The molecule has 0 saturated carbocycles. The largest absolute Gasteiger partial charge is 0.481 e. The smallest absolute Gasteiger partial charge is 0.423 e. The number of anilines is 3. The summed E-state index contributed by atoms with van der Waals surface area (Å²) in [5.41, 5.74) is 0.184. The number of hydrogen-bond donors (Lipinski definition) is 1. The summed E-state index contributed by atoms with van der Waals surface area (Å²) in [6.07, 6.45) is -1.39. The number of ether oxygens (including phenoxy) is 1. The summed E-state index contributed by atoms with van der Waals surface area (Å²) < 4.78 is 45.0. The fraction of sp³-hybridized carbons (Fsp3) is 0.250. The van der Waals surface area contributed by atoms with Crippen molar-refractivity contribution in [2.24, 2.45) is 0 Å². The Morgan fingerprint density at radius 1 is 1.19 bits per heavy atom. The van der Waals surface area contributed by atoms with Crippen LogP contribution < -0.4 is 15.0 Å². The number of nitrogens with one attached hydrogen (secondary N) is 1. The highest BCUT2D eigenvalue weighted by Gasteiger charge is 2.39. The number of nitrogens with zero attached hydrogens (tertiary/aromatic N) is 5. The third-order valence-corrected chi connectivity index (χ3v) is 5.06. The lowest BCUT2D eigenvalue weighted by Gasteiger charge is -2.31. The number of aromatic nitrogens is 3. The Morgan fingerprint density at radius 2 is 2.00 bits per heavy atom. The van der Waals surface area contributed by atoms with Crippen molar-refractivity contribution in [1.82, 2.24) is 15.0 Å². The normalized spacial score (nSPS) is 13.4. The zero-order valence-corrected chi connectivity index (χ0v) is 16.8. The number of nitro groups is 1. The quantitative estimate of drug-likeness (QED) is 0.461. The molecular weight excluding hydrogens is 429 g/mol. The first-order valence-corrected chi connectivity index (χ1v) is 9.46. The number of fused-ring (bicyclic) bond motifs is 1. The number of methoxy groups -OCH3 is 1. The lowest BCUT2D eigenvalue weighted by Crippen LogP contribution is -2.32. The molecule has 0 atom stereocenters. The van der Waals surface area contributed by atoms with E-state index >= 15 is 0 Å². The maximum Gasteiger partial charge on any atom is 0.423 e. The van der Waals surface area contributed by atoms with Crippen LogP contribution >= 0.6 is 0 Å². The number of hydrogen-bond acceptors (Lipinski definition) is 8. The molecule has 2 aromatic heterocycles. The highest BCUT2D eigenvalue weighted by Crippen LogP contribution is 2.39. The van der Waals surface area contributed by atoms with Gasteiger partial charge >= 0.3 is 6.18 Å². The van der Waals surface area contributed by atoms with Gasteiger partial charge in [0, 0.05) is 29.9 Å². The van der Waals surface area contributed by atoms with Gasteiger partial charge in [-0.2, -0.15) is 13.2 Å². The standard InChI is InChI=1S/C20H17F3N6O3/c1-32-18-5-2-12(9-24-18)27-19-14-6-7-28(10-16(14)25-11-26-19)13-3-4-17(29(30)31)15(8-13)20(21,22)23/h2-5,8-9,11H,6-7,10H2,1H3,(H,25,26,27). The topological polar surface area (TPSA) is 106 Å². The average molecular weight is 446 g/mol. The average Bonchev–Trinajstić information content (AvgIpc) is 2.78. The predicted molar refractivity (Wildman–Crippen MR) is 109 cm³/mol. The van der Waals surface area contributed by atoms with E-state index < -0.39 is 22.4 Å². The van der Waals surface area contributed by atoms with Crippen LogP contribution in [0.1, 0.15) is 16.8 Å². The summed E-state index contributed by atoms with van der Waals surface area (Å²) in [4.78, 5) is 24.4. The molecule has 0 bridgehead atoms. The van der Waals surface area contributed by atoms with E-state index in [9.17, 15) is 23.3 Å². The Labute approximate surface area is 180 Å². The van der Waals surface area contributed by atoms with Crippen LogP contribution in [-0.4, -0.2) is 33.5 Å². The van der Waals surface area contributed by atoms with Crippen molar-refractivity contribution in [2.75, 3.05) is 23.9 Å². The molecule has 9 nitrogen and oxygen atoms in total. The third kappa shape index (κ3) is 4.24. The van der Waals surface area contributed by atoms with E-state index in [1.54, 1.807) is 23.2 Å². The number of benzene rings is 1. The second kappa shape index (κ2) is 8.29. The van der Waals surface area contributed by atoms with Gasteiger partial charge in [0.05, 0.1) is 36.2 Å². The Kier molecular flexibility index (Phi) is 5.51. The van der Waals surface area contributed by atoms with Crippen molar-refractivity contribution in [3.05, 3.63) is 69.8 Å². The van der Waals surface area contributed by atoms with Crippen LogP contribution in [0, 0.1) is 10.1 Å². The second-order valence-electron chi connectivity index (χ2n) is 6.99. The van der Waals surface area contributed by atoms with Crippen molar-refractivity contribution in [1.29, 1.82) is 0 Å². The molecule has 1 aliphatic heterocycles. The fourth-order valence-electron chi connectivity index (χ4n) is 3.50. The second-order valence-corrected chi connectivity index (χ2v) is 6.99. The summed E-state index contributed by atoms with van der Waals surface area (Å²) in [5, 5.41) is 14.2. The van der Waals surface area contributed by atoms with Crippen LogP contribution in [-0.2, 0) is 19.1 Å². The number of nitro benzene ring substituents is 1. The Hall–Kier alpha value is -3.96. The van der Waals surface area contributed by atoms with Crippen LogP contribution in [0.15, 0.2) is 42.9 Å². The summed E-state index contributed by atoms with van der Waals surface area (Å²) in [7, 11) is 1.52. The molecule has 1 N–H and O–H groups in total. The minimum Gasteiger partial charge on any atom is -0.481 e. The third-order valence-electron chi connectivity index (χ3n) is 5.06. The van der Waals surface area contributed by atoms with E-state index in [1.165, 1.54) is 19.5 Å². The van der Waals surface area contributed by atoms with Gasteiger partial charge in [-0.3, -0.25) is 10.1 Å². The van der Waals surface area contributed by atoms with Gasteiger partial charge in [0.2, 0.25) is 5.88 Å². The monoisotopic (exact) mass is 446 g/mol. The lowest BCUT2D eigenvalue weighted by molar-refractivity contribution is -0.388. The molecule has 0 aliphatic carbocycles. The maximum atomic E-state index is 13.3. The summed E-state index contributed by atoms with van der Waals surface area (Å²) in [5.74, 6) is 1.05. The fourth-order valence-corrected chi connectivity index (χ4v) is 3.50. The first-order chi connectivity index (χ1) is 15.3. The van der Waals surface area contributed by atoms with Crippen LogP contribution in [0.3, 0.4) is 0 Å². The molecule has 0 unspecified atom stereocenters. The molecule has 12 heteroatoms. The molecule has 32 heavy (non-hydrogen) atoms. The Bertz CT molecular complexity index is 1150. The Balaban J connectivity index is 1.59. The van der Waals surface area contributed by atoms with E-state index in [2.05, 4.69) is 20.3 Å². The first-order valence-electron chi connectivity index (χ1n) is 9.46. The van der Waals surface area contributed by atoms with Crippen molar-refractivity contribution in [2.45, 2.75) is 19.1 Å². The summed E-state index contributed by atoms with van der Waals surface area (Å²) in [6, 6.07) is 6.50. The molecule has 166 valence electrons. The van der Waals surface area contributed by atoms with Gasteiger partial charge in [-0.15, -0.1) is 0 Å². The molecule has 0 amide bonds. The number of halogens is 3. The molecule has 0 saturated heterocycles. The van der Waals surface area contributed by atoms with Crippen molar-refractivity contribution >= 4 is 22.9 Å². The van der Waals surface area contributed by atoms with Gasteiger partial charge in [0.25, 0.3) is 5.69 Å². The summed E-state index contributed by atoms with van der Waals surface area (Å²) in [6.45, 7) is 0.632. The van der Waals surface area contributed by atoms with Crippen LogP contribution in [0.25, 0.3) is 0 Å². The van der Waals surface area contributed by atoms with Crippen LogP contribution in [0.4, 0.5) is 36.1 Å². The van der Waals surface area contributed by atoms with E-state index in [0.29, 0.717) is 36.0 Å². The Morgan fingerprint density at radius 3 is 2.66 bits per heavy atom. The molecular formula is C20H17F3N6O3. The molecule has 3 heterocycles. The summed E-state index contributed by atoms with van der Waals surface area (Å²) >= 11 is 0. The van der Waals surface area contributed by atoms with Gasteiger partial charge in [0.15, 0.2) is 0 Å². The van der Waals surface area contributed by atoms with E-state index in [-0.39, 0.29) is 12.2 Å². The highest BCUT2D eigenvalue weighted by molar-refractivity contribution is 5.62. The zero-order chi connectivity index (χ0) is 22.9. The van der Waals surface area contributed by atoms with Crippen molar-refractivity contribution in [3.63, 3.8) is 0 Å². The number of rotatable bonds is 5. The number of pyridine rings is 1. The van der Waals surface area contributed by atoms with Crippen molar-refractivity contribution in [3.8, 4) is 5.88 Å². The van der Waals surface area contributed by atoms with Crippen LogP contribution in [0.5, 0.6) is 5.88 Å². The molecule has 1 aromatic carbocycles. The molecule has 1 aliphatic rings. The van der Waals surface area contributed by atoms with E-state index in [1.807, 2.05) is 0 Å². The first kappa shape index (κ1) is 21.3. The van der Waals surface area contributed by atoms with Gasteiger partial charge in [0.1, 0.15) is 17.7 Å². The molecule has 4 rings (SSSR count). The number of alkyl halides is 3. The van der Waals surface area contributed by atoms with Crippen LogP contribution in [0.2, 0.25) is 0 Å². The van der Waals surface area contributed by atoms with E-state index in [4.69, 9.17) is 4.74 Å². The zero-order valence-electron chi connectivity index (χ0n) is 16.8. The molecule has 0 fully saturated rings. The van der Waals surface area contributed by atoms with E-state index in [0.717, 1.165) is 17.7 Å². The maximum absolute atomic E-state index is 13.3. The highest BCUT2D eigenvalue weighted by atomic mass is 19.4. The van der Waals surface area contributed by atoms with Crippen molar-refractivity contribution < 1.29 is 22.8 Å². The van der Waals surface area contributed by atoms with Gasteiger partial charge in [-0.25, -0.2) is 15.0 Å². The minimum absolute atomic E-state index is 0.237. The molecule has 3 aromatic rings. The minimum atomic E-state index is -4.84. The molecule has 0 radical (unpaired) electrons. The molecule has 0 spiro atoms. The van der Waals surface area contributed by atoms with Gasteiger partial charge in [-0.1, -0.05) is 0 Å².